The Bertz CT molecular complexity index is 1180. The third kappa shape index (κ3) is 4.22. The highest BCUT2D eigenvalue weighted by Crippen LogP contribution is 2.23. The van der Waals surface area contributed by atoms with Crippen molar-refractivity contribution in [3.8, 4) is 28.7 Å². The van der Waals surface area contributed by atoms with Gasteiger partial charge in [0.1, 0.15) is 18.0 Å². The maximum Gasteiger partial charge on any atom is 0.258 e. The zero-order valence-corrected chi connectivity index (χ0v) is 16.9. The molecular formula is C22H21N5O3. The van der Waals surface area contributed by atoms with Gasteiger partial charge in [-0.2, -0.15) is 4.98 Å². The zero-order chi connectivity index (χ0) is 21.1. The van der Waals surface area contributed by atoms with Crippen molar-refractivity contribution in [3.05, 3.63) is 66.1 Å². The van der Waals surface area contributed by atoms with Crippen molar-refractivity contribution in [1.82, 2.24) is 19.7 Å². The summed E-state index contributed by atoms with van der Waals surface area (Å²) in [6, 6.07) is 13.2. The topological polar surface area (TPSA) is 95.1 Å². The van der Waals surface area contributed by atoms with Crippen molar-refractivity contribution in [2.45, 2.75) is 20.4 Å². The van der Waals surface area contributed by atoms with Gasteiger partial charge < -0.3 is 19.1 Å². The maximum atomic E-state index is 12.4. The van der Waals surface area contributed by atoms with E-state index in [4.69, 9.17) is 9.26 Å². The van der Waals surface area contributed by atoms with Gasteiger partial charge in [0, 0.05) is 17.4 Å². The molecule has 0 radical (unpaired) electrons. The molecule has 0 fully saturated rings. The summed E-state index contributed by atoms with van der Waals surface area (Å²) in [4.78, 5) is 21.1. The minimum atomic E-state index is -0.141. The van der Waals surface area contributed by atoms with Crippen LogP contribution in [0.25, 0.3) is 23.0 Å². The van der Waals surface area contributed by atoms with Crippen molar-refractivity contribution >= 4 is 11.6 Å². The van der Waals surface area contributed by atoms with E-state index >= 15 is 0 Å². The van der Waals surface area contributed by atoms with Crippen LogP contribution in [0.15, 0.2) is 59.5 Å². The number of ether oxygens (including phenoxy) is 1. The number of amides is 1. The summed E-state index contributed by atoms with van der Waals surface area (Å²) in [7, 11) is 1.61. The SMILES string of the molecule is COc1ccc(-c2nc(-c3cn(CC(=O)Nc4ccc(C)cc4C)cn3)no2)cc1. The summed E-state index contributed by atoms with van der Waals surface area (Å²) < 4.78 is 12.2. The van der Waals surface area contributed by atoms with Crippen molar-refractivity contribution in [3.63, 3.8) is 0 Å². The van der Waals surface area contributed by atoms with Crippen LogP contribution in [0.3, 0.4) is 0 Å². The molecule has 30 heavy (non-hydrogen) atoms. The number of hydrogen-bond acceptors (Lipinski definition) is 6. The standard InChI is InChI=1S/C22H21N5O3/c1-14-4-9-18(15(2)10-14)24-20(28)12-27-11-19(23-13-27)21-25-22(30-26-21)16-5-7-17(29-3)8-6-16/h4-11,13H,12H2,1-3H3,(H,24,28). The first-order valence-corrected chi connectivity index (χ1v) is 9.39. The van der Waals surface area contributed by atoms with Crippen molar-refractivity contribution in [1.29, 1.82) is 0 Å². The van der Waals surface area contributed by atoms with E-state index in [1.54, 1.807) is 24.2 Å². The molecule has 1 amide bonds. The molecule has 0 saturated carbocycles. The molecule has 0 spiro atoms. The van der Waals surface area contributed by atoms with Crippen molar-refractivity contribution in [2.75, 3.05) is 12.4 Å². The first-order valence-electron chi connectivity index (χ1n) is 9.39. The monoisotopic (exact) mass is 403 g/mol. The quantitative estimate of drug-likeness (QED) is 0.525. The van der Waals surface area contributed by atoms with Crippen molar-refractivity contribution < 1.29 is 14.1 Å². The third-order valence-corrected chi connectivity index (χ3v) is 4.61. The molecule has 8 heteroatoms. The number of carbonyl (C=O) groups is 1. The smallest absolute Gasteiger partial charge is 0.258 e. The Hall–Kier alpha value is -3.94. The van der Waals surface area contributed by atoms with E-state index < -0.39 is 0 Å². The molecular weight excluding hydrogens is 382 g/mol. The molecule has 0 aliphatic heterocycles. The second-order valence-corrected chi connectivity index (χ2v) is 6.95. The van der Waals surface area contributed by atoms with Gasteiger partial charge in [-0.15, -0.1) is 0 Å². The van der Waals surface area contributed by atoms with Gasteiger partial charge in [-0.3, -0.25) is 4.79 Å². The largest absolute Gasteiger partial charge is 0.497 e. The van der Waals surface area contributed by atoms with Gasteiger partial charge in [-0.25, -0.2) is 4.98 Å². The molecule has 0 atom stereocenters. The minimum Gasteiger partial charge on any atom is -0.497 e. The number of hydrogen-bond donors (Lipinski definition) is 1. The molecule has 0 aliphatic rings. The molecule has 0 unspecified atom stereocenters. The highest BCUT2D eigenvalue weighted by molar-refractivity contribution is 5.91. The molecule has 4 aromatic rings. The summed E-state index contributed by atoms with van der Waals surface area (Å²) in [5.74, 6) is 1.35. The Morgan fingerprint density at radius 1 is 1.17 bits per heavy atom. The minimum absolute atomic E-state index is 0.128. The summed E-state index contributed by atoms with van der Waals surface area (Å²) >= 11 is 0. The normalized spacial score (nSPS) is 10.8. The Morgan fingerprint density at radius 2 is 1.97 bits per heavy atom. The Balaban J connectivity index is 1.43. The second kappa shape index (κ2) is 8.20. The molecule has 2 aromatic heterocycles. The van der Waals surface area contributed by atoms with Gasteiger partial charge in [0.05, 0.1) is 13.4 Å². The van der Waals surface area contributed by atoms with E-state index in [0.717, 1.165) is 28.1 Å². The van der Waals surface area contributed by atoms with E-state index in [9.17, 15) is 4.79 Å². The number of anilines is 1. The summed E-state index contributed by atoms with van der Waals surface area (Å²) in [6.45, 7) is 4.11. The fraction of sp³-hybridized carbons (Fsp3) is 0.182. The lowest BCUT2D eigenvalue weighted by atomic mass is 10.1. The van der Waals surface area contributed by atoms with Gasteiger partial charge >= 0.3 is 0 Å². The van der Waals surface area contributed by atoms with Crippen LogP contribution in [0.2, 0.25) is 0 Å². The maximum absolute atomic E-state index is 12.4. The van der Waals surface area contributed by atoms with E-state index in [2.05, 4.69) is 20.4 Å². The molecule has 1 N–H and O–H groups in total. The van der Waals surface area contributed by atoms with Crippen LogP contribution in [0.4, 0.5) is 5.69 Å². The third-order valence-electron chi connectivity index (χ3n) is 4.61. The Morgan fingerprint density at radius 3 is 2.70 bits per heavy atom. The van der Waals surface area contributed by atoms with Gasteiger partial charge in [-0.05, 0) is 49.7 Å². The van der Waals surface area contributed by atoms with Crippen molar-refractivity contribution in [2.24, 2.45) is 0 Å². The molecule has 4 rings (SSSR count). The number of aryl methyl sites for hydroxylation is 2. The molecule has 2 heterocycles. The van der Waals surface area contributed by atoms with Crippen LogP contribution in [-0.4, -0.2) is 32.7 Å². The molecule has 2 aromatic carbocycles. The van der Waals surface area contributed by atoms with Crippen LogP contribution in [0, 0.1) is 13.8 Å². The first kappa shape index (κ1) is 19.4. The molecule has 0 saturated heterocycles. The van der Waals surface area contributed by atoms with E-state index in [-0.39, 0.29) is 12.5 Å². The number of benzene rings is 2. The van der Waals surface area contributed by atoms with E-state index in [1.165, 1.54) is 0 Å². The number of aromatic nitrogens is 4. The van der Waals surface area contributed by atoms with Crippen LogP contribution in [0.5, 0.6) is 5.75 Å². The molecule has 0 aliphatic carbocycles. The van der Waals surface area contributed by atoms with Crippen LogP contribution < -0.4 is 10.1 Å². The number of imidazole rings is 1. The lowest BCUT2D eigenvalue weighted by Crippen LogP contribution is -2.18. The van der Waals surface area contributed by atoms with Crippen LogP contribution in [0.1, 0.15) is 11.1 Å². The number of methoxy groups -OCH3 is 1. The van der Waals surface area contributed by atoms with E-state index in [1.807, 2.05) is 56.3 Å². The van der Waals surface area contributed by atoms with Gasteiger partial charge in [0.2, 0.25) is 11.7 Å². The number of rotatable bonds is 6. The molecule has 0 bridgehead atoms. The highest BCUT2D eigenvalue weighted by atomic mass is 16.5. The number of nitrogens with zero attached hydrogens (tertiary/aromatic N) is 4. The van der Waals surface area contributed by atoms with Gasteiger partial charge in [-0.1, -0.05) is 22.9 Å². The van der Waals surface area contributed by atoms with Gasteiger partial charge in [0.15, 0.2) is 0 Å². The second-order valence-electron chi connectivity index (χ2n) is 6.95. The predicted octanol–water partition coefficient (Wildman–Crippen LogP) is 3.86. The van der Waals surface area contributed by atoms with Gasteiger partial charge in [0.25, 0.3) is 5.89 Å². The lowest BCUT2D eigenvalue weighted by Gasteiger charge is -2.09. The lowest BCUT2D eigenvalue weighted by molar-refractivity contribution is -0.116. The van der Waals surface area contributed by atoms with Crippen LogP contribution >= 0.6 is 0 Å². The summed E-state index contributed by atoms with van der Waals surface area (Å²) in [5, 5.41) is 6.91. The van der Waals surface area contributed by atoms with E-state index in [0.29, 0.717) is 17.4 Å². The summed E-state index contributed by atoms with van der Waals surface area (Å²) in [6.07, 6.45) is 3.28. The summed E-state index contributed by atoms with van der Waals surface area (Å²) in [5.41, 5.74) is 4.28. The highest BCUT2D eigenvalue weighted by Gasteiger charge is 2.14. The number of carbonyl (C=O) groups excluding carboxylic acids is 1. The Kier molecular flexibility index (Phi) is 5.30. The molecule has 152 valence electrons. The zero-order valence-electron chi connectivity index (χ0n) is 16.9. The molecule has 8 nitrogen and oxygen atoms in total. The predicted molar refractivity (Wildman–Crippen MR) is 112 cm³/mol. The first-order chi connectivity index (χ1) is 14.5. The van der Waals surface area contributed by atoms with Crippen LogP contribution in [-0.2, 0) is 11.3 Å². The average molecular weight is 403 g/mol. The fourth-order valence-electron chi connectivity index (χ4n) is 3.05. The average Bonchev–Trinajstić information content (AvgIpc) is 3.40. The number of nitrogens with one attached hydrogen (secondary N) is 1. The Labute approximate surface area is 173 Å². The fourth-order valence-corrected chi connectivity index (χ4v) is 3.05.